The van der Waals surface area contributed by atoms with Gasteiger partial charge in [-0.2, -0.15) is 0 Å². The van der Waals surface area contributed by atoms with Crippen molar-refractivity contribution >= 4 is 11.8 Å². The van der Waals surface area contributed by atoms with E-state index in [1.165, 1.54) is 19.2 Å². The summed E-state index contributed by atoms with van der Waals surface area (Å²) in [6, 6.07) is 13.3. The van der Waals surface area contributed by atoms with Crippen molar-refractivity contribution in [3.8, 4) is 5.75 Å². The fraction of sp³-hybridized carbons (Fsp3) is 0.391. The highest BCUT2D eigenvalue weighted by Gasteiger charge is 2.23. The van der Waals surface area contributed by atoms with Crippen LogP contribution in [0, 0.1) is 5.82 Å². The summed E-state index contributed by atoms with van der Waals surface area (Å²) in [5.41, 5.74) is 1.52. The van der Waals surface area contributed by atoms with Crippen LogP contribution in [0.3, 0.4) is 0 Å². The number of methoxy groups -OCH3 is 1. The summed E-state index contributed by atoms with van der Waals surface area (Å²) in [5.74, 6) is 0.286. The lowest BCUT2D eigenvalue weighted by Crippen LogP contribution is -2.43. The van der Waals surface area contributed by atoms with Crippen molar-refractivity contribution in [1.82, 2.24) is 10.2 Å². The molecule has 1 aliphatic heterocycles. The Labute approximate surface area is 176 Å². The van der Waals surface area contributed by atoms with Crippen molar-refractivity contribution in [3.63, 3.8) is 0 Å². The largest absolute Gasteiger partial charge is 0.490 e. The number of nitrogens with zero attached hydrogens (tertiary/aromatic N) is 1. The lowest BCUT2D eigenvalue weighted by molar-refractivity contribution is -0.136. The molecule has 0 unspecified atom stereocenters. The van der Waals surface area contributed by atoms with Crippen molar-refractivity contribution in [2.24, 2.45) is 0 Å². The number of ether oxygens (including phenoxy) is 2. The standard InChI is InChI=1S/C23H27FN2O4/c1-29-16-22(27)26-14-11-21(12-15-26)30-20-8-4-18(5-9-20)23(28)25-13-10-17-2-6-19(24)7-3-17/h2-9,21H,10-16H2,1H3,(H,25,28). The predicted molar refractivity (Wildman–Crippen MR) is 111 cm³/mol. The second-order valence-corrected chi connectivity index (χ2v) is 7.29. The molecule has 1 saturated heterocycles. The number of rotatable bonds is 8. The third kappa shape index (κ3) is 6.29. The van der Waals surface area contributed by atoms with Gasteiger partial charge in [-0.25, -0.2) is 4.39 Å². The molecule has 1 aliphatic rings. The van der Waals surface area contributed by atoms with E-state index in [1.807, 2.05) is 0 Å². The zero-order chi connectivity index (χ0) is 21.3. The van der Waals surface area contributed by atoms with Crippen molar-refractivity contribution in [3.05, 3.63) is 65.5 Å². The third-order valence-corrected chi connectivity index (χ3v) is 5.09. The number of likely N-dealkylation sites (tertiary alicyclic amines) is 1. The first-order chi connectivity index (χ1) is 14.5. The number of halogens is 1. The van der Waals surface area contributed by atoms with Gasteiger partial charge >= 0.3 is 0 Å². The summed E-state index contributed by atoms with van der Waals surface area (Å²) in [6.07, 6.45) is 2.22. The van der Waals surface area contributed by atoms with Crippen LogP contribution in [0.1, 0.15) is 28.8 Å². The number of nitrogens with one attached hydrogen (secondary N) is 1. The lowest BCUT2D eigenvalue weighted by Gasteiger charge is -2.32. The summed E-state index contributed by atoms with van der Waals surface area (Å²) >= 11 is 0. The lowest BCUT2D eigenvalue weighted by atomic mass is 10.1. The van der Waals surface area contributed by atoms with Gasteiger partial charge in [-0.15, -0.1) is 0 Å². The van der Waals surface area contributed by atoms with Crippen LogP contribution in [0.15, 0.2) is 48.5 Å². The van der Waals surface area contributed by atoms with E-state index in [9.17, 15) is 14.0 Å². The van der Waals surface area contributed by atoms with E-state index < -0.39 is 0 Å². The summed E-state index contributed by atoms with van der Waals surface area (Å²) < 4.78 is 23.8. The van der Waals surface area contributed by atoms with Gasteiger partial charge in [0.25, 0.3) is 5.91 Å². The van der Waals surface area contributed by atoms with Gasteiger partial charge in [0.05, 0.1) is 0 Å². The number of hydrogen-bond donors (Lipinski definition) is 1. The predicted octanol–water partition coefficient (Wildman–Crippen LogP) is 2.81. The van der Waals surface area contributed by atoms with Gasteiger partial charge < -0.3 is 19.7 Å². The molecule has 0 bridgehead atoms. The SMILES string of the molecule is COCC(=O)N1CCC(Oc2ccc(C(=O)NCCc3ccc(F)cc3)cc2)CC1. The summed E-state index contributed by atoms with van der Waals surface area (Å²) in [4.78, 5) is 25.9. The molecule has 0 aliphatic carbocycles. The number of amides is 2. The summed E-state index contributed by atoms with van der Waals surface area (Å²) in [6.45, 7) is 1.89. The van der Waals surface area contributed by atoms with E-state index >= 15 is 0 Å². The molecule has 0 radical (unpaired) electrons. The average Bonchev–Trinajstić information content (AvgIpc) is 2.76. The van der Waals surface area contributed by atoms with Crippen LogP contribution in [0.2, 0.25) is 0 Å². The third-order valence-electron chi connectivity index (χ3n) is 5.09. The molecular formula is C23H27FN2O4. The topological polar surface area (TPSA) is 67.9 Å². The monoisotopic (exact) mass is 414 g/mol. The van der Waals surface area contributed by atoms with Crippen LogP contribution >= 0.6 is 0 Å². The van der Waals surface area contributed by atoms with E-state index in [-0.39, 0.29) is 30.3 Å². The van der Waals surface area contributed by atoms with E-state index in [2.05, 4.69) is 5.32 Å². The molecule has 30 heavy (non-hydrogen) atoms. The molecule has 2 aromatic rings. The molecule has 2 aromatic carbocycles. The normalized spacial score (nSPS) is 14.4. The quantitative estimate of drug-likeness (QED) is 0.721. The smallest absolute Gasteiger partial charge is 0.251 e. The first-order valence-corrected chi connectivity index (χ1v) is 10.1. The molecule has 2 amide bonds. The Hall–Kier alpha value is -2.93. The molecule has 1 N–H and O–H groups in total. The summed E-state index contributed by atoms with van der Waals surface area (Å²) in [5, 5.41) is 2.87. The number of carbonyl (C=O) groups is 2. The second kappa shape index (κ2) is 10.7. The van der Waals surface area contributed by atoms with Gasteiger partial charge in [0, 0.05) is 45.1 Å². The maximum atomic E-state index is 12.9. The van der Waals surface area contributed by atoms with Gasteiger partial charge in [0.2, 0.25) is 5.91 Å². The molecule has 6 nitrogen and oxygen atoms in total. The Balaban J connectivity index is 1.41. The van der Waals surface area contributed by atoms with E-state index in [1.54, 1.807) is 41.3 Å². The van der Waals surface area contributed by atoms with Gasteiger partial charge in [-0.3, -0.25) is 9.59 Å². The number of benzene rings is 2. The molecule has 0 spiro atoms. The maximum absolute atomic E-state index is 12.9. The van der Waals surface area contributed by atoms with Crippen molar-refractivity contribution < 1.29 is 23.5 Å². The average molecular weight is 414 g/mol. The minimum absolute atomic E-state index is 0.00532. The molecule has 0 atom stereocenters. The van der Waals surface area contributed by atoms with Crippen molar-refractivity contribution in [2.45, 2.75) is 25.4 Å². The maximum Gasteiger partial charge on any atom is 0.251 e. The zero-order valence-electron chi connectivity index (χ0n) is 17.1. The minimum Gasteiger partial charge on any atom is -0.490 e. The van der Waals surface area contributed by atoms with Gasteiger partial charge in [0.1, 0.15) is 24.3 Å². The summed E-state index contributed by atoms with van der Waals surface area (Å²) in [7, 11) is 1.52. The van der Waals surface area contributed by atoms with Crippen LogP contribution in [0.5, 0.6) is 5.75 Å². The Morgan fingerprint density at radius 3 is 2.37 bits per heavy atom. The number of hydrogen-bond acceptors (Lipinski definition) is 4. The fourth-order valence-corrected chi connectivity index (χ4v) is 3.39. The fourth-order valence-electron chi connectivity index (χ4n) is 3.39. The first kappa shape index (κ1) is 21.8. The van der Waals surface area contributed by atoms with Gasteiger partial charge in [-0.1, -0.05) is 12.1 Å². The molecule has 160 valence electrons. The highest BCUT2D eigenvalue weighted by atomic mass is 19.1. The number of piperidine rings is 1. The Morgan fingerprint density at radius 1 is 1.07 bits per heavy atom. The van der Waals surface area contributed by atoms with Crippen LogP contribution in [-0.2, 0) is 16.0 Å². The molecule has 1 fully saturated rings. The van der Waals surface area contributed by atoms with E-state index in [0.717, 1.165) is 18.4 Å². The van der Waals surface area contributed by atoms with E-state index in [4.69, 9.17) is 9.47 Å². The first-order valence-electron chi connectivity index (χ1n) is 10.1. The van der Waals surface area contributed by atoms with Crippen molar-refractivity contribution in [1.29, 1.82) is 0 Å². The van der Waals surface area contributed by atoms with Crippen LogP contribution in [0.4, 0.5) is 4.39 Å². The Kier molecular flexibility index (Phi) is 7.79. The minimum atomic E-state index is -0.268. The number of carbonyl (C=O) groups excluding carboxylic acids is 2. The van der Waals surface area contributed by atoms with Gasteiger partial charge in [-0.05, 0) is 48.4 Å². The Morgan fingerprint density at radius 2 is 1.73 bits per heavy atom. The highest BCUT2D eigenvalue weighted by molar-refractivity contribution is 5.94. The molecular weight excluding hydrogens is 387 g/mol. The molecule has 0 saturated carbocycles. The molecule has 3 rings (SSSR count). The van der Waals surface area contributed by atoms with Crippen LogP contribution in [0.25, 0.3) is 0 Å². The molecule has 1 heterocycles. The van der Waals surface area contributed by atoms with Crippen molar-refractivity contribution in [2.75, 3.05) is 33.4 Å². The Bertz CT molecular complexity index is 831. The zero-order valence-corrected chi connectivity index (χ0v) is 17.1. The van der Waals surface area contributed by atoms with Crippen LogP contribution < -0.4 is 10.1 Å². The molecule has 7 heteroatoms. The van der Waals surface area contributed by atoms with Gasteiger partial charge in [0.15, 0.2) is 0 Å². The van der Waals surface area contributed by atoms with Crippen LogP contribution in [-0.4, -0.2) is 56.2 Å². The second-order valence-electron chi connectivity index (χ2n) is 7.29. The highest BCUT2D eigenvalue weighted by Crippen LogP contribution is 2.20. The molecule has 0 aromatic heterocycles. The van der Waals surface area contributed by atoms with E-state index in [0.29, 0.717) is 37.4 Å².